The summed E-state index contributed by atoms with van der Waals surface area (Å²) in [6.07, 6.45) is 13.1. The van der Waals surface area contributed by atoms with Crippen LogP contribution in [0.15, 0.2) is 61.2 Å². The van der Waals surface area contributed by atoms with Gasteiger partial charge in [0.05, 0.1) is 36.7 Å². The van der Waals surface area contributed by atoms with Gasteiger partial charge in [-0.05, 0) is 121 Å². The highest BCUT2D eigenvalue weighted by atomic mass is 19.1. The van der Waals surface area contributed by atoms with Crippen molar-refractivity contribution in [1.82, 2.24) is 35.1 Å². The van der Waals surface area contributed by atoms with Gasteiger partial charge in [-0.15, -0.1) is 0 Å². The Labute approximate surface area is 333 Å². The molecule has 2 N–H and O–H groups in total. The lowest BCUT2D eigenvalue weighted by Gasteiger charge is -2.04. The number of methoxy groups -OCH3 is 1. The number of aldehydes is 2. The van der Waals surface area contributed by atoms with Crippen molar-refractivity contribution < 1.29 is 32.7 Å². The molecule has 0 radical (unpaired) electrons. The number of rotatable bonds is 10. The molecular weight excluding hydrogens is 721 g/mol. The third-order valence-electron chi connectivity index (χ3n) is 7.20. The number of aromatic nitrogens is 4. The number of hydrogen-bond acceptors (Lipinski definition) is 8. The normalized spacial score (nSPS) is 10.7. The maximum atomic E-state index is 13.3. The second kappa shape index (κ2) is 34.4. The van der Waals surface area contributed by atoms with Crippen LogP contribution in [-0.2, 0) is 27.4 Å². The Hall–Kier alpha value is -5.08. The van der Waals surface area contributed by atoms with Gasteiger partial charge in [0.1, 0.15) is 17.9 Å². The van der Waals surface area contributed by atoms with Crippen molar-refractivity contribution in [3.05, 3.63) is 106 Å². The van der Waals surface area contributed by atoms with Crippen LogP contribution >= 0.6 is 0 Å². The monoisotopic (exact) mass is 786 g/mol. The number of aryl methyl sites for hydroxylation is 5. The van der Waals surface area contributed by atoms with Gasteiger partial charge in [-0.2, -0.15) is 10.2 Å². The molecule has 0 saturated carbocycles. The molecule has 1 fully saturated rings. The highest BCUT2D eigenvalue weighted by Gasteiger charge is 2.10. The van der Waals surface area contributed by atoms with E-state index in [2.05, 4.69) is 34.7 Å². The summed E-state index contributed by atoms with van der Waals surface area (Å²) < 4.78 is 34.6. The SMILES string of the molecule is CC=O.CCCNC(=O)c1ccc(C)cc1F.CCNC.CCn1cc(C)cn1.COCCn1cc(C)cn1.Cc1ccc(C=O)c(F)c1.O=CN1CCCC1. The maximum absolute atomic E-state index is 13.3. The topological polar surface area (TPSA) is 140 Å². The van der Waals surface area contributed by atoms with Gasteiger partial charge in [0.2, 0.25) is 6.41 Å². The number of carbonyl (C=O) groups is 4. The van der Waals surface area contributed by atoms with Gasteiger partial charge in [-0.25, -0.2) is 8.78 Å². The Morgan fingerprint density at radius 1 is 0.839 bits per heavy atom. The van der Waals surface area contributed by atoms with Crippen LogP contribution in [0.5, 0.6) is 0 Å². The summed E-state index contributed by atoms with van der Waals surface area (Å²) >= 11 is 0. The van der Waals surface area contributed by atoms with Gasteiger partial charge in [0.25, 0.3) is 5.91 Å². The van der Waals surface area contributed by atoms with Crippen molar-refractivity contribution in [2.45, 2.75) is 87.7 Å². The molecule has 0 atom stereocenters. The number of halogens is 2. The van der Waals surface area contributed by atoms with E-state index < -0.39 is 11.6 Å². The number of nitrogens with one attached hydrogen (secondary N) is 2. The minimum atomic E-state index is -0.460. The van der Waals surface area contributed by atoms with Crippen molar-refractivity contribution >= 4 is 24.9 Å². The van der Waals surface area contributed by atoms with E-state index in [0.717, 1.165) is 69.6 Å². The number of hydrogen-bond donors (Lipinski definition) is 2. The molecule has 0 unspecified atom stereocenters. The number of amides is 2. The average Bonchev–Trinajstić information content (AvgIpc) is 3.97. The van der Waals surface area contributed by atoms with Gasteiger partial charge in [-0.1, -0.05) is 26.0 Å². The predicted octanol–water partition coefficient (Wildman–Crippen LogP) is 6.94. The molecule has 2 aromatic heterocycles. The third-order valence-corrected chi connectivity index (χ3v) is 7.20. The molecule has 3 heterocycles. The van der Waals surface area contributed by atoms with Crippen LogP contribution in [0.2, 0.25) is 0 Å². The van der Waals surface area contributed by atoms with Crippen molar-refractivity contribution in [2.24, 2.45) is 0 Å². The molecule has 1 saturated heterocycles. The first kappa shape index (κ1) is 53.0. The first-order valence-corrected chi connectivity index (χ1v) is 18.8. The minimum absolute atomic E-state index is 0.115. The number of nitrogens with zero attached hydrogens (tertiary/aromatic N) is 5. The van der Waals surface area contributed by atoms with E-state index in [-0.39, 0.29) is 17.0 Å². The molecule has 312 valence electrons. The first-order chi connectivity index (χ1) is 26.8. The minimum Gasteiger partial charge on any atom is -0.383 e. The summed E-state index contributed by atoms with van der Waals surface area (Å²) in [5.41, 5.74) is 4.29. The van der Waals surface area contributed by atoms with E-state index in [1.54, 1.807) is 38.0 Å². The Bertz CT molecular complexity index is 1620. The quantitative estimate of drug-likeness (QED) is 0.165. The lowest BCUT2D eigenvalue weighted by Crippen LogP contribution is -2.24. The van der Waals surface area contributed by atoms with Crippen LogP contribution in [-0.4, -0.2) is 96.3 Å². The summed E-state index contributed by atoms with van der Waals surface area (Å²) in [4.78, 5) is 42.0. The zero-order valence-electron chi connectivity index (χ0n) is 35.1. The molecule has 5 rings (SSSR count). The fraction of sp³-hybridized carbons (Fsp3) is 0.476. The molecule has 12 nitrogen and oxygen atoms in total. The Balaban J connectivity index is 0. The van der Waals surface area contributed by atoms with E-state index in [0.29, 0.717) is 12.8 Å². The number of benzene rings is 2. The molecule has 1 aliphatic rings. The first-order valence-electron chi connectivity index (χ1n) is 18.8. The summed E-state index contributed by atoms with van der Waals surface area (Å²) in [5, 5.41) is 13.7. The van der Waals surface area contributed by atoms with E-state index in [1.165, 1.54) is 55.2 Å². The van der Waals surface area contributed by atoms with Crippen molar-refractivity contribution in [3.63, 3.8) is 0 Å². The van der Waals surface area contributed by atoms with E-state index in [9.17, 15) is 23.2 Å². The van der Waals surface area contributed by atoms with Gasteiger partial charge >= 0.3 is 0 Å². The summed E-state index contributed by atoms with van der Waals surface area (Å²) in [6.45, 7) is 21.3. The third kappa shape index (κ3) is 26.7. The summed E-state index contributed by atoms with van der Waals surface area (Å²) in [5.74, 6) is -1.25. The molecule has 0 spiro atoms. The smallest absolute Gasteiger partial charge is 0.254 e. The van der Waals surface area contributed by atoms with Crippen molar-refractivity contribution in [3.8, 4) is 0 Å². The highest BCUT2D eigenvalue weighted by molar-refractivity contribution is 5.94. The maximum Gasteiger partial charge on any atom is 0.254 e. The second-order valence-electron chi connectivity index (χ2n) is 12.3. The zero-order valence-corrected chi connectivity index (χ0v) is 35.1. The second-order valence-corrected chi connectivity index (χ2v) is 12.3. The molecule has 0 bridgehead atoms. The molecule has 0 aliphatic carbocycles. The summed E-state index contributed by atoms with van der Waals surface area (Å²) in [6, 6.07) is 9.11. The van der Waals surface area contributed by atoms with Crippen molar-refractivity contribution in [1.29, 1.82) is 0 Å². The Kier molecular flexibility index (Phi) is 32.6. The van der Waals surface area contributed by atoms with E-state index in [4.69, 9.17) is 9.53 Å². The highest BCUT2D eigenvalue weighted by Crippen LogP contribution is 2.09. The molecule has 2 aromatic carbocycles. The fourth-order valence-corrected chi connectivity index (χ4v) is 4.13. The van der Waals surface area contributed by atoms with Gasteiger partial charge in [-0.3, -0.25) is 23.7 Å². The van der Waals surface area contributed by atoms with Crippen LogP contribution in [0.25, 0.3) is 0 Å². The van der Waals surface area contributed by atoms with Crippen LogP contribution in [0.1, 0.15) is 89.9 Å². The van der Waals surface area contributed by atoms with Gasteiger partial charge in [0.15, 0.2) is 6.29 Å². The summed E-state index contributed by atoms with van der Waals surface area (Å²) in [7, 11) is 3.62. The largest absolute Gasteiger partial charge is 0.383 e. The average molecular weight is 786 g/mol. The Morgan fingerprint density at radius 2 is 1.36 bits per heavy atom. The Morgan fingerprint density at radius 3 is 1.71 bits per heavy atom. The van der Waals surface area contributed by atoms with Crippen LogP contribution in [0.3, 0.4) is 0 Å². The van der Waals surface area contributed by atoms with Crippen LogP contribution in [0.4, 0.5) is 8.78 Å². The molecule has 4 aromatic rings. The van der Waals surface area contributed by atoms with Crippen LogP contribution < -0.4 is 10.6 Å². The molecule has 2 amide bonds. The molecular formula is C42H65F2N7O5. The van der Waals surface area contributed by atoms with Gasteiger partial charge in [0, 0.05) is 45.7 Å². The molecule has 1 aliphatic heterocycles. The number of ether oxygens (including phenoxy) is 1. The standard InChI is InChI=1S/C11H14FNO.C8H7FO.C7H12N2O.C6H10N2.C5H9NO.C3H9N.C2H4O/c1-3-6-13-11(14)9-5-4-8(2)7-10(9)12;1-6-2-3-7(5-10)8(9)4-6;1-7-5-8-9(6-7)3-4-10-2;1-3-8-5-6(2)4-7-8;7-5-6-3-1-2-4-6;1-3-4-2;1-2-3/h4-5,7H,3,6H2,1-2H3,(H,13,14);2-5H,1H3;5-6H,3-4H2,1-2H3;4-5H,3H2,1-2H3;5H,1-4H2;4H,3H2,1-2H3;2H,1H3. The zero-order chi connectivity index (χ0) is 42.7. The van der Waals surface area contributed by atoms with Crippen LogP contribution in [0, 0.1) is 39.3 Å². The number of carbonyl (C=O) groups excluding carboxylic acids is 4. The predicted molar refractivity (Wildman–Crippen MR) is 220 cm³/mol. The fourth-order valence-electron chi connectivity index (χ4n) is 4.13. The van der Waals surface area contributed by atoms with Crippen molar-refractivity contribution in [2.75, 3.05) is 46.9 Å². The number of likely N-dealkylation sites (tertiary alicyclic amines) is 1. The lowest BCUT2D eigenvalue weighted by atomic mass is 10.1. The molecule has 14 heteroatoms. The van der Waals surface area contributed by atoms with Gasteiger partial charge < -0.3 is 25.1 Å². The van der Waals surface area contributed by atoms with E-state index in [1.807, 2.05) is 62.0 Å². The van der Waals surface area contributed by atoms with E-state index >= 15 is 0 Å². The molecule has 56 heavy (non-hydrogen) atoms. The lowest BCUT2D eigenvalue weighted by molar-refractivity contribution is -0.117.